The van der Waals surface area contributed by atoms with Crippen LogP contribution in [0, 0.1) is 0 Å². The van der Waals surface area contributed by atoms with Gasteiger partial charge in [0.2, 0.25) is 0 Å². The lowest BCUT2D eigenvalue weighted by atomic mass is 10.0. The quantitative estimate of drug-likeness (QED) is 0.796. The van der Waals surface area contributed by atoms with Crippen LogP contribution in [-0.2, 0) is 5.72 Å². The van der Waals surface area contributed by atoms with Gasteiger partial charge >= 0.3 is 0 Å². The summed E-state index contributed by atoms with van der Waals surface area (Å²) in [7, 11) is 1.67. The second kappa shape index (κ2) is 7.18. The standard InChI is InChI=1S/C20H23N2O2.BrH/c1-24-18-12-10-17(11-13-18)22-19-9-5-6-14-21(19)15-20(22,23)16-7-3-2-4-8-16;/h2-4,7-8,10-13,23H,5-6,9,14-15H2,1H3;1H/q+1;. The highest BCUT2D eigenvalue weighted by atomic mass is 79.9. The van der Waals surface area contributed by atoms with Crippen LogP contribution in [0.3, 0.4) is 0 Å². The summed E-state index contributed by atoms with van der Waals surface area (Å²) in [5.74, 6) is 2.05. The van der Waals surface area contributed by atoms with E-state index in [2.05, 4.69) is 9.48 Å². The number of hydrogen-bond donors (Lipinski definition) is 1. The first-order valence-electron chi connectivity index (χ1n) is 8.55. The summed E-state index contributed by atoms with van der Waals surface area (Å²) in [5, 5.41) is 11.7. The van der Waals surface area contributed by atoms with E-state index in [1.54, 1.807) is 7.11 Å². The van der Waals surface area contributed by atoms with Gasteiger partial charge in [0.05, 0.1) is 13.7 Å². The molecule has 5 heteroatoms. The fourth-order valence-corrected chi connectivity index (χ4v) is 3.87. The van der Waals surface area contributed by atoms with Crippen molar-refractivity contribution in [1.29, 1.82) is 0 Å². The van der Waals surface area contributed by atoms with Crippen LogP contribution < -0.4 is 9.64 Å². The number of hydrogen-bond acceptors (Lipinski definition) is 3. The Morgan fingerprint density at radius 3 is 2.44 bits per heavy atom. The second-order valence-electron chi connectivity index (χ2n) is 6.51. The number of rotatable bonds is 3. The molecule has 0 saturated carbocycles. The van der Waals surface area contributed by atoms with Gasteiger partial charge in [0, 0.05) is 12.0 Å². The first-order valence-corrected chi connectivity index (χ1v) is 8.55. The minimum absolute atomic E-state index is 0. The van der Waals surface area contributed by atoms with Gasteiger partial charge in [-0.05, 0) is 37.1 Å². The van der Waals surface area contributed by atoms with Crippen LogP contribution in [0.4, 0.5) is 5.69 Å². The fraction of sp³-hybridized carbons (Fsp3) is 0.350. The third-order valence-corrected chi connectivity index (χ3v) is 5.05. The Morgan fingerprint density at radius 2 is 1.76 bits per heavy atom. The zero-order chi connectivity index (χ0) is 16.6. The zero-order valence-electron chi connectivity index (χ0n) is 14.4. The summed E-state index contributed by atoms with van der Waals surface area (Å²) >= 11 is 0. The summed E-state index contributed by atoms with van der Waals surface area (Å²) in [6.07, 6.45) is 3.36. The molecule has 0 saturated heterocycles. The molecular formula is C20H24BrN2O2+. The molecule has 1 N–H and O–H groups in total. The minimum Gasteiger partial charge on any atom is -0.497 e. The first-order chi connectivity index (χ1) is 11.7. The number of ether oxygens (including phenoxy) is 1. The van der Waals surface area contributed by atoms with Crippen molar-refractivity contribution >= 4 is 28.5 Å². The van der Waals surface area contributed by atoms with Crippen LogP contribution in [0.2, 0.25) is 0 Å². The molecule has 2 aromatic carbocycles. The van der Waals surface area contributed by atoms with Crippen molar-refractivity contribution < 1.29 is 14.4 Å². The summed E-state index contributed by atoms with van der Waals surface area (Å²) in [6.45, 7) is 1.62. The summed E-state index contributed by atoms with van der Waals surface area (Å²) in [6, 6.07) is 17.9. The Balaban J connectivity index is 0.00000182. The molecule has 0 radical (unpaired) electrons. The number of anilines is 1. The number of amidine groups is 1. The molecule has 0 fully saturated rings. The molecule has 132 valence electrons. The maximum absolute atomic E-state index is 11.7. The van der Waals surface area contributed by atoms with Crippen LogP contribution in [0.1, 0.15) is 24.8 Å². The topological polar surface area (TPSA) is 35.7 Å². The van der Waals surface area contributed by atoms with Crippen molar-refractivity contribution in [1.82, 2.24) is 0 Å². The summed E-state index contributed by atoms with van der Waals surface area (Å²) in [5.41, 5.74) is 0.902. The molecule has 0 bridgehead atoms. The molecule has 0 aromatic heterocycles. The normalized spacial score (nSPS) is 22.4. The van der Waals surface area contributed by atoms with Gasteiger partial charge in [-0.1, -0.05) is 30.3 Å². The van der Waals surface area contributed by atoms with Gasteiger partial charge in [-0.15, -0.1) is 17.0 Å². The van der Waals surface area contributed by atoms with Gasteiger partial charge in [0.15, 0.2) is 6.54 Å². The van der Waals surface area contributed by atoms with Crippen LogP contribution >= 0.6 is 17.0 Å². The van der Waals surface area contributed by atoms with E-state index < -0.39 is 5.72 Å². The van der Waals surface area contributed by atoms with Gasteiger partial charge in [0.1, 0.15) is 11.4 Å². The summed E-state index contributed by atoms with van der Waals surface area (Å²) in [4.78, 5) is 2.11. The van der Waals surface area contributed by atoms with Gasteiger partial charge in [0.25, 0.3) is 11.6 Å². The molecular weight excluding hydrogens is 380 g/mol. The van der Waals surface area contributed by atoms with E-state index >= 15 is 0 Å². The maximum atomic E-state index is 11.7. The van der Waals surface area contributed by atoms with E-state index in [4.69, 9.17) is 4.74 Å². The Bertz CT molecular complexity index is 761. The average molecular weight is 404 g/mol. The van der Waals surface area contributed by atoms with E-state index in [-0.39, 0.29) is 17.0 Å². The maximum Gasteiger partial charge on any atom is 0.275 e. The number of halogens is 1. The summed E-state index contributed by atoms with van der Waals surface area (Å²) < 4.78 is 7.61. The van der Waals surface area contributed by atoms with Crippen LogP contribution in [-0.4, -0.2) is 35.7 Å². The molecule has 25 heavy (non-hydrogen) atoms. The number of aliphatic hydroxyl groups is 1. The van der Waals surface area contributed by atoms with E-state index in [9.17, 15) is 5.11 Å². The zero-order valence-corrected chi connectivity index (χ0v) is 16.1. The number of nitrogens with zero attached hydrogens (tertiary/aromatic N) is 2. The number of methoxy groups -OCH3 is 1. The minimum atomic E-state index is -1.03. The highest BCUT2D eigenvalue weighted by Crippen LogP contribution is 2.38. The van der Waals surface area contributed by atoms with E-state index in [0.717, 1.165) is 30.0 Å². The van der Waals surface area contributed by atoms with E-state index in [0.29, 0.717) is 6.54 Å². The third kappa shape index (κ3) is 3.07. The molecule has 0 amide bonds. The van der Waals surface area contributed by atoms with E-state index in [1.807, 2.05) is 54.6 Å². The van der Waals surface area contributed by atoms with E-state index in [1.165, 1.54) is 18.7 Å². The molecule has 1 unspecified atom stereocenters. The molecule has 2 aromatic rings. The third-order valence-electron chi connectivity index (χ3n) is 5.05. The monoisotopic (exact) mass is 403 g/mol. The molecule has 0 aliphatic carbocycles. The van der Waals surface area contributed by atoms with Gasteiger partial charge in [-0.25, -0.2) is 0 Å². The molecule has 4 nitrogen and oxygen atoms in total. The molecule has 1 atom stereocenters. The SMILES string of the molecule is Br.COc1ccc(N2C3=[N+](CCCC3)CC2(O)c2ccccc2)cc1. The second-order valence-corrected chi connectivity index (χ2v) is 6.51. The molecule has 2 aliphatic heterocycles. The van der Waals surface area contributed by atoms with Crippen LogP contribution in [0.15, 0.2) is 54.6 Å². The highest BCUT2D eigenvalue weighted by molar-refractivity contribution is 8.93. The van der Waals surface area contributed by atoms with Crippen molar-refractivity contribution in [3.8, 4) is 5.75 Å². The number of benzene rings is 2. The molecule has 2 aliphatic rings. The van der Waals surface area contributed by atoms with Crippen molar-refractivity contribution in [2.24, 2.45) is 0 Å². The highest BCUT2D eigenvalue weighted by Gasteiger charge is 2.54. The van der Waals surface area contributed by atoms with Crippen molar-refractivity contribution in [2.75, 3.05) is 25.1 Å². The Labute approximate surface area is 159 Å². The average Bonchev–Trinajstić information content (AvgIpc) is 2.96. The lowest BCUT2D eigenvalue weighted by molar-refractivity contribution is -0.538. The lowest BCUT2D eigenvalue weighted by Gasteiger charge is -2.29. The van der Waals surface area contributed by atoms with Crippen molar-refractivity contribution in [2.45, 2.75) is 25.0 Å². The lowest BCUT2D eigenvalue weighted by Crippen LogP contribution is -2.47. The van der Waals surface area contributed by atoms with Crippen LogP contribution in [0.5, 0.6) is 5.75 Å². The smallest absolute Gasteiger partial charge is 0.275 e. The Hall–Kier alpha value is -1.85. The van der Waals surface area contributed by atoms with Gasteiger partial charge < -0.3 is 9.84 Å². The van der Waals surface area contributed by atoms with Crippen LogP contribution in [0.25, 0.3) is 0 Å². The van der Waals surface area contributed by atoms with Gasteiger partial charge in [-0.3, -0.25) is 4.58 Å². The van der Waals surface area contributed by atoms with Gasteiger partial charge in [-0.2, -0.15) is 4.90 Å². The predicted octanol–water partition coefficient (Wildman–Crippen LogP) is 3.53. The largest absolute Gasteiger partial charge is 0.497 e. The Morgan fingerprint density at radius 1 is 1.04 bits per heavy atom. The van der Waals surface area contributed by atoms with Crippen molar-refractivity contribution in [3.05, 3.63) is 60.2 Å². The molecule has 4 rings (SSSR count). The fourth-order valence-electron chi connectivity index (χ4n) is 3.87. The van der Waals surface area contributed by atoms with Crippen molar-refractivity contribution in [3.63, 3.8) is 0 Å². The Kier molecular flexibility index (Phi) is 5.16. The molecule has 0 spiro atoms. The first kappa shape index (κ1) is 18.0. The predicted molar refractivity (Wildman–Crippen MR) is 105 cm³/mol. The molecule has 2 heterocycles.